The van der Waals surface area contributed by atoms with Gasteiger partial charge in [0, 0.05) is 6.54 Å². The number of hydrogen-bond donors (Lipinski definition) is 2. The quantitative estimate of drug-likeness (QED) is 0.616. The fraction of sp³-hybridized carbons (Fsp3) is 0.333. The number of para-hydroxylation sites is 1. The van der Waals surface area contributed by atoms with Crippen molar-refractivity contribution < 1.29 is 23.2 Å². The Balaban J connectivity index is 2.84. The average Bonchev–Trinajstić information content (AvgIpc) is 2.24. The number of aliphatic hydroxyl groups excluding tert-OH is 1. The Labute approximate surface area is 94.0 Å². The zero-order chi connectivity index (χ0) is 13.0. The number of hydrogen-bond acceptors (Lipinski definition) is 4. The fourth-order valence-electron chi connectivity index (χ4n) is 1.15. The van der Waals surface area contributed by atoms with Crippen molar-refractivity contribution in [3.63, 3.8) is 0 Å². The number of aliphatic hydroxyl groups is 1. The average molecular weight is 250 g/mol. The molecule has 0 fully saturated rings. The minimum atomic E-state index is -2.98. The standard InChI is InChI=1S/C9H9F3N2O3/c10-5-2-1-3-6(8(5)14(16)17)13-4-7(15)9(11)12/h1-3,7,9,13,15H,4H2. The van der Waals surface area contributed by atoms with Gasteiger partial charge in [-0.2, -0.15) is 4.39 Å². The van der Waals surface area contributed by atoms with Crippen LogP contribution in [0.2, 0.25) is 0 Å². The first-order chi connectivity index (χ1) is 7.93. The molecule has 0 spiro atoms. The summed E-state index contributed by atoms with van der Waals surface area (Å²) in [5.74, 6) is -1.08. The molecular formula is C9H9F3N2O3. The number of nitrogens with zero attached hydrogens (tertiary/aromatic N) is 1. The van der Waals surface area contributed by atoms with Crippen LogP contribution in [0, 0.1) is 15.9 Å². The number of alkyl halides is 2. The minimum absolute atomic E-state index is 0.255. The van der Waals surface area contributed by atoms with Crippen LogP contribution in [0.1, 0.15) is 0 Å². The highest BCUT2D eigenvalue weighted by atomic mass is 19.3. The van der Waals surface area contributed by atoms with Gasteiger partial charge in [-0.15, -0.1) is 0 Å². The lowest BCUT2D eigenvalue weighted by Gasteiger charge is -2.11. The van der Waals surface area contributed by atoms with Gasteiger partial charge in [-0.05, 0) is 12.1 Å². The molecule has 2 N–H and O–H groups in total. The van der Waals surface area contributed by atoms with E-state index in [9.17, 15) is 23.3 Å². The molecule has 1 aromatic carbocycles. The van der Waals surface area contributed by atoms with Crippen molar-refractivity contribution >= 4 is 11.4 Å². The first-order valence-electron chi connectivity index (χ1n) is 4.56. The van der Waals surface area contributed by atoms with Crippen LogP contribution >= 0.6 is 0 Å². The first kappa shape index (κ1) is 13.2. The van der Waals surface area contributed by atoms with E-state index in [1.165, 1.54) is 12.1 Å². The molecule has 0 aliphatic rings. The third kappa shape index (κ3) is 3.31. The summed E-state index contributed by atoms with van der Waals surface area (Å²) in [6, 6.07) is 3.24. The Morgan fingerprint density at radius 2 is 2.12 bits per heavy atom. The topological polar surface area (TPSA) is 75.4 Å². The molecule has 0 radical (unpaired) electrons. The highest BCUT2D eigenvalue weighted by Gasteiger charge is 2.22. The smallest absolute Gasteiger partial charge is 0.327 e. The van der Waals surface area contributed by atoms with E-state index in [0.717, 1.165) is 6.07 Å². The van der Waals surface area contributed by atoms with Crippen LogP contribution in [-0.2, 0) is 0 Å². The molecule has 1 aromatic rings. The van der Waals surface area contributed by atoms with Crippen molar-refractivity contribution in [2.45, 2.75) is 12.5 Å². The molecule has 94 valence electrons. The Kier molecular flexibility index (Phi) is 4.27. The van der Waals surface area contributed by atoms with Crippen LogP contribution in [0.5, 0.6) is 0 Å². The maximum absolute atomic E-state index is 13.1. The number of nitrogens with one attached hydrogen (secondary N) is 1. The van der Waals surface area contributed by atoms with Gasteiger partial charge in [-0.1, -0.05) is 6.07 Å². The normalized spacial score (nSPS) is 12.5. The van der Waals surface area contributed by atoms with Gasteiger partial charge in [0.25, 0.3) is 6.43 Å². The molecule has 8 heteroatoms. The Hall–Kier alpha value is -1.83. The van der Waals surface area contributed by atoms with Gasteiger partial charge in [-0.3, -0.25) is 10.1 Å². The number of nitro groups is 1. The van der Waals surface area contributed by atoms with E-state index in [4.69, 9.17) is 5.11 Å². The minimum Gasteiger partial charge on any atom is -0.385 e. The van der Waals surface area contributed by atoms with Crippen molar-refractivity contribution in [3.05, 3.63) is 34.1 Å². The van der Waals surface area contributed by atoms with E-state index in [1.807, 2.05) is 0 Å². The summed E-state index contributed by atoms with van der Waals surface area (Å²) >= 11 is 0. The van der Waals surface area contributed by atoms with E-state index in [2.05, 4.69) is 5.32 Å². The lowest BCUT2D eigenvalue weighted by Crippen LogP contribution is -2.27. The molecule has 0 bridgehead atoms. The largest absolute Gasteiger partial charge is 0.385 e. The van der Waals surface area contributed by atoms with Gasteiger partial charge >= 0.3 is 5.69 Å². The van der Waals surface area contributed by atoms with Crippen LogP contribution in [0.25, 0.3) is 0 Å². The SMILES string of the molecule is O=[N+]([O-])c1c(F)cccc1NCC(O)C(F)F. The molecule has 0 heterocycles. The molecule has 1 rings (SSSR count). The molecule has 0 amide bonds. The summed E-state index contributed by atoms with van der Waals surface area (Å²) in [5, 5.41) is 21.6. The van der Waals surface area contributed by atoms with Gasteiger partial charge in [0.1, 0.15) is 11.8 Å². The first-order valence-corrected chi connectivity index (χ1v) is 4.56. The molecule has 0 aromatic heterocycles. The van der Waals surface area contributed by atoms with Gasteiger partial charge in [-0.25, -0.2) is 8.78 Å². The van der Waals surface area contributed by atoms with E-state index < -0.39 is 35.5 Å². The Bertz CT molecular complexity index is 414. The van der Waals surface area contributed by atoms with Crippen LogP contribution in [0.15, 0.2) is 18.2 Å². The monoisotopic (exact) mass is 250 g/mol. The van der Waals surface area contributed by atoms with Crippen molar-refractivity contribution in [2.24, 2.45) is 0 Å². The van der Waals surface area contributed by atoms with Crippen molar-refractivity contribution in [1.29, 1.82) is 0 Å². The van der Waals surface area contributed by atoms with Crippen molar-refractivity contribution in [1.82, 2.24) is 0 Å². The Morgan fingerprint density at radius 3 is 2.65 bits per heavy atom. The molecule has 0 saturated heterocycles. The second kappa shape index (κ2) is 5.48. The lowest BCUT2D eigenvalue weighted by atomic mass is 10.2. The number of nitro benzene ring substituents is 1. The predicted molar refractivity (Wildman–Crippen MR) is 53.6 cm³/mol. The van der Waals surface area contributed by atoms with E-state index in [0.29, 0.717) is 0 Å². The molecule has 0 aliphatic heterocycles. The Morgan fingerprint density at radius 1 is 1.47 bits per heavy atom. The maximum atomic E-state index is 13.1. The summed E-state index contributed by atoms with van der Waals surface area (Å²) in [6.45, 7) is -0.609. The van der Waals surface area contributed by atoms with Crippen molar-refractivity contribution in [2.75, 3.05) is 11.9 Å². The van der Waals surface area contributed by atoms with E-state index in [1.54, 1.807) is 0 Å². The number of anilines is 1. The summed E-state index contributed by atoms with van der Waals surface area (Å²) in [7, 11) is 0. The lowest BCUT2D eigenvalue weighted by molar-refractivity contribution is -0.386. The highest BCUT2D eigenvalue weighted by molar-refractivity contribution is 5.61. The summed E-state index contributed by atoms with van der Waals surface area (Å²) in [5.41, 5.74) is -1.09. The molecule has 17 heavy (non-hydrogen) atoms. The molecular weight excluding hydrogens is 241 g/mol. The third-order valence-corrected chi connectivity index (χ3v) is 1.96. The third-order valence-electron chi connectivity index (χ3n) is 1.96. The zero-order valence-electron chi connectivity index (χ0n) is 8.44. The molecule has 0 aliphatic carbocycles. The van der Waals surface area contributed by atoms with Gasteiger partial charge in [0.05, 0.1) is 4.92 Å². The second-order valence-corrected chi connectivity index (χ2v) is 3.18. The molecule has 1 unspecified atom stereocenters. The summed E-state index contributed by atoms with van der Waals surface area (Å²) in [6.07, 6.45) is -4.95. The van der Waals surface area contributed by atoms with Crippen molar-refractivity contribution in [3.8, 4) is 0 Å². The number of rotatable bonds is 5. The molecule has 1 atom stereocenters. The molecule has 5 nitrogen and oxygen atoms in total. The fourth-order valence-corrected chi connectivity index (χ4v) is 1.15. The van der Waals surface area contributed by atoms with Gasteiger partial charge in [0.15, 0.2) is 0 Å². The van der Waals surface area contributed by atoms with Crippen LogP contribution in [0.3, 0.4) is 0 Å². The second-order valence-electron chi connectivity index (χ2n) is 3.18. The highest BCUT2D eigenvalue weighted by Crippen LogP contribution is 2.27. The van der Waals surface area contributed by atoms with Gasteiger partial charge < -0.3 is 10.4 Å². The predicted octanol–water partition coefficient (Wildman–Crippen LogP) is 1.77. The number of benzene rings is 1. The van der Waals surface area contributed by atoms with E-state index >= 15 is 0 Å². The number of halogens is 3. The maximum Gasteiger partial charge on any atom is 0.327 e. The van der Waals surface area contributed by atoms with Crippen LogP contribution < -0.4 is 5.32 Å². The van der Waals surface area contributed by atoms with Crippen LogP contribution in [0.4, 0.5) is 24.5 Å². The summed E-state index contributed by atoms with van der Waals surface area (Å²) in [4.78, 5) is 9.57. The summed E-state index contributed by atoms with van der Waals surface area (Å²) < 4.78 is 37.0. The molecule has 0 saturated carbocycles. The van der Waals surface area contributed by atoms with E-state index in [-0.39, 0.29) is 5.69 Å². The zero-order valence-corrected chi connectivity index (χ0v) is 8.44. The van der Waals surface area contributed by atoms with Gasteiger partial charge in [0.2, 0.25) is 5.82 Å². The van der Waals surface area contributed by atoms with Crippen LogP contribution in [-0.4, -0.2) is 29.1 Å².